The minimum atomic E-state index is -0.0404. The molecule has 3 fully saturated rings. The zero-order valence-electron chi connectivity index (χ0n) is 16.0. The van der Waals surface area contributed by atoms with Gasteiger partial charge in [0.1, 0.15) is 0 Å². The van der Waals surface area contributed by atoms with Crippen LogP contribution in [0.5, 0.6) is 0 Å². The number of carbonyl (C=O) groups excluding carboxylic acids is 2. The molecule has 2 amide bonds. The van der Waals surface area contributed by atoms with Crippen LogP contribution in [0.15, 0.2) is 30.3 Å². The molecule has 0 bridgehead atoms. The minimum absolute atomic E-state index is 0.0404. The van der Waals surface area contributed by atoms with Gasteiger partial charge in [-0.1, -0.05) is 30.3 Å². The topological polar surface area (TPSA) is 49.9 Å². The summed E-state index contributed by atoms with van der Waals surface area (Å²) in [7, 11) is 0. The fourth-order valence-corrected chi connectivity index (χ4v) is 4.33. The predicted molar refractivity (Wildman–Crippen MR) is 103 cm³/mol. The van der Waals surface area contributed by atoms with Gasteiger partial charge in [-0.15, -0.1) is 0 Å². The average molecular weight is 370 g/mol. The maximum Gasteiger partial charge on any atom is 0.227 e. The molecule has 0 spiro atoms. The van der Waals surface area contributed by atoms with E-state index in [0.29, 0.717) is 24.9 Å². The molecule has 3 aliphatic rings. The van der Waals surface area contributed by atoms with Crippen LogP contribution in [0.4, 0.5) is 0 Å². The summed E-state index contributed by atoms with van der Waals surface area (Å²) in [6, 6.07) is 10.3. The van der Waals surface area contributed by atoms with Gasteiger partial charge < -0.3 is 14.5 Å². The fraction of sp³-hybridized carbons (Fsp3) is 0.636. The van der Waals surface area contributed by atoms with Crippen molar-refractivity contribution in [1.29, 1.82) is 0 Å². The van der Waals surface area contributed by atoms with Crippen LogP contribution in [-0.2, 0) is 20.7 Å². The van der Waals surface area contributed by atoms with E-state index in [9.17, 15) is 9.59 Å². The quantitative estimate of drug-likeness (QED) is 0.773. The summed E-state index contributed by atoms with van der Waals surface area (Å²) in [4.78, 5) is 30.0. The number of carbonyl (C=O) groups is 2. The molecule has 0 N–H and O–H groups in total. The van der Waals surface area contributed by atoms with E-state index in [0.717, 1.165) is 64.0 Å². The molecular weight excluding hydrogens is 340 g/mol. The van der Waals surface area contributed by atoms with E-state index in [4.69, 9.17) is 4.74 Å². The average Bonchev–Trinajstić information content (AvgIpc) is 3.42. The number of nitrogens with zero attached hydrogens (tertiary/aromatic N) is 2. The Labute approximate surface area is 161 Å². The van der Waals surface area contributed by atoms with Gasteiger partial charge in [-0.3, -0.25) is 9.59 Å². The van der Waals surface area contributed by atoms with Crippen molar-refractivity contribution in [2.75, 3.05) is 32.8 Å². The molecule has 0 aromatic heterocycles. The molecular formula is C22H30N2O3. The lowest BCUT2D eigenvalue weighted by atomic mass is 9.95. The molecule has 2 heterocycles. The van der Waals surface area contributed by atoms with E-state index in [1.807, 2.05) is 35.2 Å². The molecule has 2 atom stereocenters. The Bertz CT molecular complexity index is 653. The number of piperidine rings is 1. The SMILES string of the molecule is O=C(Cc1ccccc1)N1CCCC(C(=O)N(CC2CCOC2)C2CC2)C1. The number of benzene rings is 1. The van der Waals surface area contributed by atoms with Crippen molar-refractivity contribution in [2.45, 2.75) is 44.6 Å². The van der Waals surface area contributed by atoms with Crippen LogP contribution in [0.1, 0.15) is 37.7 Å². The Kier molecular flexibility index (Phi) is 5.77. The van der Waals surface area contributed by atoms with Gasteiger partial charge in [-0.2, -0.15) is 0 Å². The number of likely N-dealkylation sites (tertiary alicyclic amines) is 1. The van der Waals surface area contributed by atoms with E-state index < -0.39 is 0 Å². The van der Waals surface area contributed by atoms with Gasteiger partial charge in [0.15, 0.2) is 0 Å². The van der Waals surface area contributed by atoms with Crippen molar-refractivity contribution in [3.05, 3.63) is 35.9 Å². The van der Waals surface area contributed by atoms with E-state index in [-0.39, 0.29) is 17.7 Å². The summed E-state index contributed by atoms with van der Waals surface area (Å²) in [6.45, 7) is 3.79. The van der Waals surface area contributed by atoms with Crippen LogP contribution in [0.3, 0.4) is 0 Å². The van der Waals surface area contributed by atoms with Crippen LogP contribution >= 0.6 is 0 Å². The van der Waals surface area contributed by atoms with E-state index in [1.165, 1.54) is 0 Å². The predicted octanol–water partition coefficient (Wildman–Crippen LogP) is 2.50. The molecule has 1 saturated carbocycles. The number of ether oxygens (including phenoxy) is 1. The van der Waals surface area contributed by atoms with Gasteiger partial charge in [0, 0.05) is 38.2 Å². The third-order valence-electron chi connectivity index (χ3n) is 6.07. The first-order valence-corrected chi connectivity index (χ1v) is 10.4. The highest BCUT2D eigenvalue weighted by molar-refractivity contribution is 5.82. The smallest absolute Gasteiger partial charge is 0.227 e. The van der Waals surface area contributed by atoms with Gasteiger partial charge >= 0.3 is 0 Å². The molecule has 4 rings (SSSR count). The molecule has 2 unspecified atom stereocenters. The lowest BCUT2D eigenvalue weighted by Crippen LogP contribution is -2.48. The Morgan fingerprint density at radius 3 is 2.63 bits per heavy atom. The Balaban J connectivity index is 1.36. The van der Waals surface area contributed by atoms with Crippen LogP contribution in [-0.4, -0.2) is 60.5 Å². The highest BCUT2D eigenvalue weighted by Crippen LogP contribution is 2.32. The maximum absolute atomic E-state index is 13.2. The number of rotatable bonds is 6. The molecule has 5 heteroatoms. The molecule has 1 aromatic carbocycles. The first-order valence-electron chi connectivity index (χ1n) is 10.4. The van der Waals surface area contributed by atoms with Crippen molar-refractivity contribution in [2.24, 2.45) is 11.8 Å². The zero-order valence-corrected chi connectivity index (χ0v) is 16.0. The fourth-order valence-electron chi connectivity index (χ4n) is 4.33. The summed E-state index contributed by atoms with van der Waals surface area (Å²) in [5.74, 6) is 0.845. The molecule has 1 aromatic rings. The van der Waals surface area contributed by atoms with Gasteiger partial charge in [-0.05, 0) is 37.7 Å². The summed E-state index contributed by atoms with van der Waals surface area (Å²) in [6.07, 6.45) is 5.56. The summed E-state index contributed by atoms with van der Waals surface area (Å²) < 4.78 is 5.50. The van der Waals surface area contributed by atoms with Crippen molar-refractivity contribution in [1.82, 2.24) is 9.80 Å². The van der Waals surface area contributed by atoms with Crippen LogP contribution in [0, 0.1) is 11.8 Å². The highest BCUT2D eigenvalue weighted by Gasteiger charge is 2.39. The minimum Gasteiger partial charge on any atom is -0.381 e. The molecule has 5 nitrogen and oxygen atoms in total. The standard InChI is InChI=1S/C22H30N2O3/c25-21(13-17-5-2-1-3-6-17)23-11-4-7-19(15-23)22(26)24(20-8-9-20)14-18-10-12-27-16-18/h1-3,5-6,18-20H,4,7-16H2. The molecule has 2 aliphatic heterocycles. The van der Waals surface area contributed by atoms with E-state index in [1.54, 1.807) is 0 Å². The van der Waals surface area contributed by atoms with Crippen molar-refractivity contribution >= 4 is 11.8 Å². The van der Waals surface area contributed by atoms with Crippen molar-refractivity contribution in [3.8, 4) is 0 Å². The second kappa shape index (κ2) is 8.42. The van der Waals surface area contributed by atoms with E-state index >= 15 is 0 Å². The largest absolute Gasteiger partial charge is 0.381 e. The Morgan fingerprint density at radius 2 is 1.93 bits per heavy atom. The monoisotopic (exact) mass is 370 g/mol. The molecule has 27 heavy (non-hydrogen) atoms. The first kappa shape index (κ1) is 18.5. The molecule has 146 valence electrons. The highest BCUT2D eigenvalue weighted by atomic mass is 16.5. The third-order valence-corrected chi connectivity index (χ3v) is 6.07. The first-order chi connectivity index (χ1) is 13.2. The normalized spacial score (nSPS) is 25.4. The van der Waals surface area contributed by atoms with Crippen LogP contribution < -0.4 is 0 Å². The van der Waals surface area contributed by atoms with Crippen molar-refractivity contribution < 1.29 is 14.3 Å². The Hall–Kier alpha value is -1.88. The third kappa shape index (κ3) is 4.70. The zero-order chi connectivity index (χ0) is 18.6. The van der Waals surface area contributed by atoms with Crippen LogP contribution in [0.2, 0.25) is 0 Å². The van der Waals surface area contributed by atoms with Gasteiger partial charge in [0.25, 0.3) is 0 Å². The Morgan fingerprint density at radius 1 is 1.11 bits per heavy atom. The summed E-state index contributed by atoms with van der Waals surface area (Å²) in [5, 5.41) is 0. The molecule has 2 saturated heterocycles. The second-order valence-corrected chi connectivity index (χ2v) is 8.29. The van der Waals surface area contributed by atoms with E-state index in [2.05, 4.69) is 4.90 Å². The lowest BCUT2D eigenvalue weighted by Gasteiger charge is -2.36. The van der Waals surface area contributed by atoms with Crippen LogP contribution in [0.25, 0.3) is 0 Å². The van der Waals surface area contributed by atoms with Gasteiger partial charge in [0.2, 0.25) is 11.8 Å². The second-order valence-electron chi connectivity index (χ2n) is 8.29. The lowest BCUT2D eigenvalue weighted by molar-refractivity contribution is -0.141. The number of hydrogen-bond donors (Lipinski definition) is 0. The summed E-state index contributed by atoms with van der Waals surface area (Å²) in [5.41, 5.74) is 1.04. The maximum atomic E-state index is 13.2. The number of amides is 2. The van der Waals surface area contributed by atoms with Gasteiger partial charge in [-0.25, -0.2) is 0 Å². The van der Waals surface area contributed by atoms with Gasteiger partial charge in [0.05, 0.1) is 18.9 Å². The summed E-state index contributed by atoms with van der Waals surface area (Å²) >= 11 is 0. The molecule has 1 aliphatic carbocycles. The molecule has 0 radical (unpaired) electrons. The number of hydrogen-bond acceptors (Lipinski definition) is 3. The van der Waals surface area contributed by atoms with Crippen molar-refractivity contribution in [3.63, 3.8) is 0 Å².